The summed E-state index contributed by atoms with van der Waals surface area (Å²) >= 11 is 0. The molecule has 2 heterocycles. The summed E-state index contributed by atoms with van der Waals surface area (Å²) in [5.41, 5.74) is 6.06. The summed E-state index contributed by atoms with van der Waals surface area (Å²) in [6.07, 6.45) is 4.96. The van der Waals surface area contributed by atoms with E-state index >= 15 is 4.39 Å². The predicted octanol–water partition coefficient (Wildman–Crippen LogP) is 3.44. The fourth-order valence-corrected chi connectivity index (χ4v) is 4.11. The van der Waals surface area contributed by atoms with Crippen LogP contribution in [0.15, 0.2) is 55.1 Å². The molecule has 10 nitrogen and oxygen atoms in total. The van der Waals surface area contributed by atoms with E-state index in [9.17, 15) is 14.3 Å². The number of halogens is 2. The standard InChI is InChI=1S/C27H31F2N7O3/c1-17(2)23(15-37)31-9-4-10-39-19-7-8-20-22(11-19)32-16-33-27(20)36(24-6-3-5-21(28)26(24)29)18-12-34-35(13-18)14-25(30)38/h3,5-8,11-13,16-17,23,31,37H,4,9-10,14-15H2,1-2H3,(H2,30,38). The Morgan fingerprint density at radius 3 is 2.79 bits per heavy atom. The Morgan fingerprint density at radius 1 is 1.23 bits per heavy atom. The molecular formula is C27H31F2N7O3. The molecule has 1 unspecified atom stereocenters. The number of benzene rings is 2. The topological polar surface area (TPSA) is 131 Å². The lowest BCUT2D eigenvalue weighted by molar-refractivity contribution is -0.118. The van der Waals surface area contributed by atoms with E-state index in [-0.39, 0.29) is 30.7 Å². The van der Waals surface area contributed by atoms with Crippen molar-refractivity contribution in [1.82, 2.24) is 25.1 Å². The lowest BCUT2D eigenvalue weighted by atomic mass is 10.1. The Kier molecular flexibility index (Phi) is 8.99. The maximum absolute atomic E-state index is 15.0. The van der Waals surface area contributed by atoms with E-state index < -0.39 is 17.5 Å². The molecule has 39 heavy (non-hydrogen) atoms. The van der Waals surface area contributed by atoms with E-state index in [1.165, 1.54) is 40.4 Å². The zero-order valence-electron chi connectivity index (χ0n) is 21.7. The van der Waals surface area contributed by atoms with Crippen LogP contribution in [0.3, 0.4) is 0 Å². The summed E-state index contributed by atoms with van der Waals surface area (Å²) < 4.78 is 36.5. The molecule has 0 bridgehead atoms. The number of aliphatic hydroxyl groups excluding tert-OH is 1. The highest BCUT2D eigenvalue weighted by molar-refractivity contribution is 5.95. The number of fused-ring (bicyclic) bond motifs is 1. The number of anilines is 3. The van der Waals surface area contributed by atoms with Gasteiger partial charge >= 0.3 is 0 Å². The monoisotopic (exact) mass is 539 g/mol. The van der Waals surface area contributed by atoms with E-state index in [0.29, 0.717) is 41.4 Å². The Morgan fingerprint density at radius 2 is 2.05 bits per heavy atom. The molecule has 206 valence electrons. The van der Waals surface area contributed by atoms with Crippen molar-refractivity contribution in [2.75, 3.05) is 24.7 Å². The summed E-state index contributed by atoms with van der Waals surface area (Å²) in [5, 5.41) is 17.4. The van der Waals surface area contributed by atoms with Crippen LogP contribution in [0.5, 0.6) is 5.75 Å². The van der Waals surface area contributed by atoms with Gasteiger partial charge in [-0.3, -0.25) is 14.4 Å². The number of amides is 1. The second kappa shape index (κ2) is 12.6. The second-order valence-electron chi connectivity index (χ2n) is 9.34. The van der Waals surface area contributed by atoms with E-state index in [1.807, 2.05) is 13.8 Å². The first-order chi connectivity index (χ1) is 18.8. The number of nitrogens with two attached hydrogens (primary N) is 1. The third-order valence-electron chi connectivity index (χ3n) is 6.16. The van der Waals surface area contributed by atoms with Crippen molar-refractivity contribution < 1.29 is 23.4 Å². The van der Waals surface area contributed by atoms with Crippen LogP contribution < -0.4 is 20.7 Å². The number of nitrogens with zero attached hydrogens (tertiary/aromatic N) is 5. The molecule has 2 aromatic heterocycles. The van der Waals surface area contributed by atoms with Gasteiger partial charge in [0.15, 0.2) is 11.6 Å². The lowest BCUT2D eigenvalue weighted by Crippen LogP contribution is -2.37. The van der Waals surface area contributed by atoms with Crippen LogP contribution >= 0.6 is 0 Å². The first-order valence-electron chi connectivity index (χ1n) is 12.5. The lowest BCUT2D eigenvalue weighted by Gasteiger charge is -2.24. The fraction of sp³-hybridized carbons (Fsp3) is 0.333. The normalized spacial score (nSPS) is 12.2. The number of aromatic nitrogens is 4. The molecule has 0 spiro atoms. The molecule has 0 aliphatic carbocycles. The molecule has 0 fully saturated rings. The molecule has 4 rings (SSSR count). The molecule has 0 radical (unpaired) electrons. The van der Waals surface area contributed by atoms with Crippen LogP contribution in [0.25, 0.3) is 10.9 Å². The summed E-state index contributed by atoms with van der Waals surface area (Å²) in [4.78, 5) is 21.5. The molecular weight excluding hydrogens is 508 g/mol. The van der Waals surface area contributed by atoms with Crippen LogP contribution in [0, 0.1) is 17.6 Å². The minimum absolute atomic E-state index is 0.0366. The van der Waals surface area contributed by atoms with E-state index in [1.54, 1.807) is 18.2 Å². The van der Waals surface area contributed by atoms with Gasteiger partial charge in [-0.25, -0.2) is 18.7 Å². The van der Waals surface area contributed by atoms with Crippen molar-refractivity contribution >= 4 is 34.0 Å². The molecule has 0 aliphatic rings. The number of aliphatic hydroxyl groups is 1. The van der Waals surface area contributed by atoms with Gasteiger partial charge in [-0.1, -0.05) is 19.9 Å². The summed E-state index contributed by atoms with van der Waals surface area (Å²) in [6, 6.07) is 9.12. The Bertz CT molecular complexity index is 1430. The minimum atomic E-state index is -1.07. The highest BCUT2D eigenvalue weighted by atomic mass is 19.2. The van der Waals surface area contributed by atoms with Gasteiger partial charge in [-0.05, 0) is 43.1 Å². The Balaban J connectivity index is 1.61. The van der Waals surface area contributed by atoms with Gasteiger partial charge in [-0.15, -0.1) is 0 Å². The first-order valence-corrected chi connectivity index (χ1v) is 12.5. The molecule has 1 amide bonds. The van der Waals surface area contributed by atoms with Crippen molar-refractivity contribution in [3.63, 3.8) is 0 Å². The van der Waals surface area contributed by atoms with Crippen molar-refractivity contribution in [1.29, 1.82) is 0 Å². The summed E-state index contributed by atoms with van der Waals surface area (Å²) in [6.45, 7) is 5.14. The van der Waals surface area contributed by atoms with Crippen molar-refractivity contribution in [3.05, 3.63) is 66.8 Å². The average molecular weight is 540 g/mol. The van der Waals surface area contributed by atoms with Crippen LogP contribution in [0.2, 0.25) is 0 Å². The quantitative estimate of drug-likeness (QED) is 0.220. The van der Waals surface area contributed by atoms with Crippen molar-refractivity contribution in [3.8, 4) is 5.75 Å². The molecule has 1 atom stereocenters. The number of primary amides is 1. The number of rotatable bonds is 13. The Labute approximate surface area is 224 Å². The van der Waals surface area contributed by atoms with Crippen LogP contribution in [0.1, 0.15) is 20.3 Å². The predicted molar refractivity (Wildman–Crippen MR) is 143 cm³/mol. The smallest absolute Gasteiger partial charge is 0.239 e. The Hall–Kier alpha value is -4.16. The van der Waals surface area contributed by atoms with Gasteiger partial charge in [0.2, 0.25) is 5.91 Å². The largest absolute Gasteiger partial charge is 0.493 e. The number of hydrogen-bond acceptors (Lipinski definition) is 8. The number of ether oxygens (including phenoxy) is 1. The maximum Gasteiger partial charge on any atom is 0.239 e. The molecule has 4 N–H and O–H groups in total. The number of hydrogen-bond donors (Lipinski definition) is 3. The highest BCUT2D eigenvalue weighted by Gasteiger charge is 2.23. The van der Waals surface area contributed by atoms with Gasteiger partial charge in [0, 0.05) is 23.7 Å². The highest BCUT2D eigenvalue weighted by Crippen LogP contribution is 2.39. The molecule has 0 aliphatic heterocycles. The number of carbonyl (C=O) groups excluding carboxylic acids is 1. The SMILES string of the molecule is CC(C)C(CO)NCCCOc1ccc2c(N(c3cnn(CC(N)=O)c3)c3cccc(F)c3F)ncnc2c1. The van der Waals surface area contributed by atoms with Gasteiger partial charge < -0.3 is 20.9 Å². The third-order valence-corrected chi connectivity index (χ3v) is 6.16. The maximum atomic E-state index is 15.0. The number of carbonyl (C=O) groups is 1. The van der Waals surface area contributed by atoms with Crippen LogP contribution in [-0.4, -0.2) is 56.6 Å². The molecule has 0 saturated carbocycles. The summed E-state index contributed by atoms with van der Waals surface area (Å²) in [5.74, 6) is -1.50. The van der Waals surface area contributed by atoms with E-state index in [0.717, 1.165) is 12.5 Å². The van der Waals surface area contributed by atoms with Gasteiger partial charge in [0.05, 0.1) is 36.3 Å². The van der Waals surface area contributed by atoms with Crippen molar-refractivity contribution in [2.45, 2.75) is 32.9 Å². The summed E-state index contributed by atoms with van der Waals surface area (Å²) in [7, 11) is 0. The molecule has 4 aromatic rings. The molecule has 12 heteroatoms. The first kappa shape index (κ1) is 27.9. The van der Waals surface area contributed by atoms with Crippen LogP contribution in [0.4, 0.5) is 26.0 Å². The van der Waals surface area contributed by atoms with Gasteiger partial charge in [0.25, 0.3) is 0 Å². The van der Waals surface area contributed by atoms with E-state index in [2.05, 4.69) is 20.4 Å². The second-order valence-corrected chi connectivity index (χ2v) is 9.34. The van der Waals surface area contributed by atoms with Gasteiger partial charge in [-0.2, -0.15) is 5.10 Å². The minimum Gasteiger partial charge on any atom is -0.493 e. The van der Waals surface area contributed by atoms with E-state index in [4.69, 9.17) is 10.5 Å². The number of nitrogens with one attached hydrogen (secondary N) is 1. The molecule has 2 aromatic carbocycles. The van der Waals surface area contributed by atoms with Crippen LogP contribution in [-0.2, 0) is 11.3 Å². The van der Waals surface area contributed by atoms with Crippen molar-refractivity contribution in [2.24, 2.45) is 11.7 Å². The average Bonchev–Trinajstić information content (AvgIpc) is 3.35. The molecule has 0 saturated heterocycles. The van der Waals surface area contributed by atoms with Gasteiger partial charge in [0.1, 0.15) is 24.4 Å². The fourth-order valence-electron chi connectivity index (χ4n) is 4.11. The third kappa shape index (κ3) is 6.65. The zero-order chi connectivity index (χ0) is 27.9. The zero-order valence-corrected chi connectivity index (χ0v) is 21.7.